The summed E-state index contributed by atoms with van der Waals surface area (Å²) in [6.07, 6.45) is 6.56. The molecule has 0 aliphatic carbocycles. The molecule has 4 aromatic rings. The first-order chi connectivity index (χ1) is 20.0. The van der Waals surface area contributed by atoms with Crippen LogP contribution in [0, 0.1) is 0 Å². The molecular formula is C32H32N4O4S. The lowest BCUT2D eigenvalue weighted by Gasteiger charge is -2.25. The Hall–Kier alpha value is -4.37. The molecule has 41 heavy (non-hydrogen) atoms. The number of carbonyl (C=O) groups excluding carboxylic acids is 1. The summed E-state index contributed by atoms with van der Waals surface area (Å²) in [6.45, 7) is 3.77. The van der Waals surface area contributed by atoms with Gasteiger partial charge >= 0.3 is 0 Å². The predicted molar refractivity (Wildman–Crippen MR) is 161 cm³/mol. The molecule has 1 fully saturated rings. The lowest BCUT2D eigenvalue weighted by Crippen LogP contribution is -2.40. The first-order valence-electron chi connectivity index (χ1n) is 13.9. The molecule has 8 nitrogen and oxygen atoms in total. The zero-order valence-electron chi connectivity index (χ0n) is 23.1. The summed E-state index contributed by atoms with van der Waals surface area (Å²) in [4.78, 5) is 35.2. The van der Waals surface area contributed by atoms with Crippen molar-refractivity contribution in [1.82, 2.24) is 4.57 Å². The number of benzene rings is 2. The van der Waals surface area contributed by atoms with Crippen molar-refractivity contribution in [2.24, 2.45) is 4.99 Å². The molecule has 0 bridgehead atoms. The third-order valence-electron chi connectivity index (χ3n) is 7.53. The second kappa shape index (κ2) is 11.6. The van der Waals surface area contributed by atoms with Crippen LogP contribution in [0.25, 0.3) is 6.08 Å². The van der Waals surface area contributed by atoms with Crippen LogP contribution in [0.15, 0.2) is 92.2 Å². The lowest BCUT2D eigenvalue weighted by atomic mass is 9.95. The number of fused-ring (bicyclic) bond motifs is 1. The number of amides is 1. The van der Waals surface area contributed by atoms with Crippen LogP contribution in [-0.4, -0.2) is 30.7 Å². The molecule has 0 unspecified atom stereocenters. The van der Waals surface area contributed by atoms with Gasteiger partial charge in [-0.1, -0.05) is 54.5 Å². The van der Waals surface area contributed by atoms with E-state index in [2.05, 4.69) is 10.2 Å². The van der Waals surface area contributed by atoms with Crippen LogP contribution in [-0.2, 0) is 4.79 Å². The number of hydrogen-bond donors (Lipinski definition) is 1. The van der Waals surface area contributed by atoms with E-state index in [1.807, 2.05) is 73.7 Å². The van der Waals surface area contributed by atoms with E-state index in [-0.39, 0.29) is 11.5 Å². The number of para-hydroxylation sites is 1. The van der Waals surface area contributed by atoms with Gasteiger partial charge in [-0.15, -0.1) is 0 Å². The minimum absolute atomic E-state index is 0.222. The number of rotatable bonds is 6. The quantitative estimate of drug-likeness (QED) is 0.359. The summed E-state index contributed by atoms with van der Waals surface area (Å²) in [6, 6.07) is 19.9. The maximum atomic E-state index is 14.0. The zero-order valence-corrected chi connectivity index (χ0v) is 23.9. The van der Waals surface area contributed by atoms with E-state index >= 15 is 0 Å². The second-order valence-electron chi connectivity index (χ2n) is 10.3. The Morgan fingerprint density at radius 1 is 1.02 bits per heavy atom. The van der Waals surface area contributed by atoms with Crippen molar-refractivity contribution in [1.29, 1.82) is 0 Å². The largest absolute Gasteiger partial charge is 0.497 e. The van der Waals surface area contributed by atoms with Gasteiger partial charge in [0.1, 0.15) is 11.5 Å². The Labute approximate surface area is 241 Å². The average Bonchev–Trinajstić information content (AvgIpc) is 3.45. The van der Waals surface area contributed by atoms with Crippen LogP contribution in [0.2, 0.25) is 0 Å². The first kappa shape index (κ1) is 26.8. The number of nitrogens with zero attached hydrogens (tertiary/aromatic N) is 3. The van der Waals surface area contributed by atoms with E-state index in [1.54, 1.807) is 17.8 Å². The van der Waals surface area contributed by atoms with Crippen molar-refractivity contribution in [2.75, 3.05) is 30.4 Å². The Morgan fingerprint density at radius 3 is 2.46 bits per heavy atom. The number of ether oxygens (including phenoxy) is 1. The summed E-state index contributed by atoms with van der Waals surface area (Å²) in [5.74, 6) is 1.84. The molecule has 4 heterocycles. The van der Waals surface area contributed by atoms with Crippen LogP contribution in [0.1, 0.15) is 50.0 Å². The topological polar surface area (TPSA) is 89.1 Å². The maximum absolute atomic E-state index is 14.0. The molecule has 1 N–H and O–H groups in total. The molecule has 2 aromatic heterocycles. The normalized spacial score (nSPS) is 17.6. The van der Waals surface area contributed by atoms with E-state index in [9.17, 15) is 9.59 Å². The lowest BCUT2D eigenvalue weighted by molar-refractivity contribution is -0.113. The number of methoxy groups -OCH3 is 1. The second-order valence-corrected chi connectivity index (χ2v) is 11.3. The molecule has 2 aromatic carbocycles. The molecule has 2 aliphatic heterocycles. The minimum Gasteiger partial charge on any atom is -0.497 e. The summed E-state index contributed by atoms with van der Waals surface area (Å²) < 4.78 is 13.6. The minimum atomic E-state index is -0.660. The van der Waals surface area contributed by atoms with Gasteiger partial charge in [0.15, 0.2) is 10.7 Å². The highest BCUT2D eigenvalue weighted by atomic mass is 32.1. The number of furan rings is 1. The fourth-order valence-electron chi connectivity index (χ4n) is 5.44. The maximum Gasteiger partial charge on any atom is 0.271 e. The third-order valence-corrected chi connectivity index (χ3v) is 8.52. The Morgan fingerprint density at radius 2 is 1.76 bits per heavy atom. The van der Waals surface area contributed by atoms with E-state index in [0.717, 1.165) is 37.4 Å². The van der Waals surface area contributed by atoms with Crippen LogP contribution in [0.5, 0.6) is 5.75 Å². The first-order valence-corrected chi connectivity index (χ1v) is 14.7. The Kier molecular flexibility index (Phi) is 7.61. The Bertz CT molecular complexity index is 1760. The summed E-state index contributed by atoms with van der Waals surface area (Å²) in [5.41, 5.74) is 2.21. The summed E-state index contributed by atoms with van der Waals surface area (Å²) >= 11 is 1.30. The monoisotopic (exact) mass is 568 g/mol. The van der Waals surface area contributed by atoms with Crippen molar-refractivity contribution in [3.05, 3.63) is 109 Å². The summed E-state index contributed by atoms with van der Waals surface area (Å²) in [5, 5.41) is 2.98. The highest BCUT2D eigenvalue weighted by Crippen LogP contribution is 2.32. The van der Waals surface area contributed by atoms with E-state index in [1.165, 1.54) is 24.2 Å². The molecule has 0 saturated carbocycles. The SMILES string of the molecule is COc1ccc([C@H]2C(C(=O)Nc3ccccc3)=C(C)N=c3s/c(=C\c4ccc(N5CCCCCC5)o4)c(=O)n32)cc1. The number of thiazole rings is 1. The highest BCUT2D eigenvalue weighted by molar-refractivity contribution is 7.07. The van der Waals surface area contributed by atoms with Gasteiger partial charge in [-0.2, -0.15) is 0 Å². The van der Waals surface area contributed by atoms with Gasteiger partial charge in [-0.25, -0.2) is 4.99 Å². The van der Waals surface area contributed by atoms with Crippen molar-refractivity contribution in [3.8, 4) is 5.75 Å². The standard InChI is InChI=1S/C32H32N4O4S/c1-21-28(30(37)34-23-10-6-5-7-11-23)29(22-12-14-24(39-2)15-13-22)36-31(38)26(41-32(36)33-21)20-25-16-17-27(40-25)35-18-8-3-4-9-19-35/h5-7,10-17,20,29H,3-4,8-9,18-19H2,1-2H3,(H,34,37)/b26-20-/t29-/m0/s1. The fourth-order valence-corrected chi connectivity index (χ4v) is 6.47. The molecule has 2 aliphatic rings. The van der Waals surface area contributed by atoms with Crippen LogP contribution < -0.4 is 29.8 Å². The van der Waals surface area contributed by atoms with E-state index in [0.29, 0.717) is 37.8 Å². The van der Waals surface area contributed by atoms with Gasteiger partial charge in [0.25, 0.3) is 11.5 Å². The molecule has 0 spiro atoms. The molecule has 0 radical (unpaired) electrons. The van der Waals surface area contributed by atoms with Crippen molar-refractivity contribution < 1.29 is 13.9 Å². The van der Waals surface area contributed by atoms with Crippen LogP contribution in [0.3, 0.4) is 0 Å². The molecular weight excluding hydrogens is 536 g/mol. The number of aromatic nitrogens is 1. The Balaban J connectivity index is 1.42. The number of anilines is 2. The molecule has 210 valence electrons. The van der Waals surface area contributed by atoms with Crippen molar-refractivity contribution in [3.63, 3.8) is 0 Å². The van der Waals surface area contributed by atoms with Gasteiger partial charge in [-0.05, 0) is 55.7 Å². The van der Waals surface area contributed by atoms with Gasteiger partial charge in [-0.3, -0.25) is 14.2 Å². The number of allylic oxidation sites excluding steroid dienone is 1. The van der Waals surface area contributed by atoms with Gasteiger partial charge in [0.05, 0.1) is 29.0 Å². The van der Waals surface area contributed by atoms with Crippen molar-refractivity contribution in [2.45, 2.75) is 38.6 Å². The van der Waals surface area contributed by atoms with Crippen LogP contribution >= 0.6 is 11.3 Å². The van der Waals surface area contributed by atoms with Gasteiger partial charge in [0, 0.05) is 30.9 Å². The van der Waals surface area contributed by atoms with E-state index in [4.69, 9.17) is 14.1 Å². The smallest absolute Gasteiger partial charge is 0.271 e. The molecule has 1 atom stereocenters. The number of carbonyl (C=O) groups is 1. The average molecular weight is 569 g/mol. The number of hydrogen-bond acceptors (Lipinski definition) is 7. The number of nitrogens with one attached hydrogen (secondary N) is 1. The molecule has 6 rings (SSSR count). The van der Waals surface area contributed by atoms with Gasteiger partial charge in [0.2, 0.25) is 0 Å². The third kappa shape index (κ3) is 5.50. The zero-order chi connectivity index (χ0) is 28.3. The molecule has 9 heteroatoms. The van der Waals surface area contributed by atoms with E-state index < -0.39 is 6.04 Å². The molecule has 1 saturated heterocycles. The van der Waals surface area contributed by atoms with Gasteiger partial charge < -0.3 is 19.4 Å². The van der Waals surface area contributed by atoms with Crippen molar-refractivity contribution >= 4 is 34.9 Å². The fraction of sp³-hybridized carbons (Fsp3) is 0.281. The summed E-state index contributed by atoms with van der Waals surface area (Å²) in [7, 11) is 1.60. The predicted octanol–water partition coefficient (Wildman–Crippen LogP) is 4.86. The molecule has 1 amide bonds. The van der Waals surface area contributed by atoms with Crippen LogP contribution in [0.4, 0.5) is 11.6 Å². The highest BCUT2D eigenvalue weighted by Gasteiger charge is 2.32.